The number of aromatic nitrogens is 1. The molecule has 150 valence electrons. The molecule has 8 heteroatoms. The molecule has 1 aliphatic rings. The normalized spacial score (nSPS) is 15.7. The Morgan fingerprint density at radius 2 is 2.04 bits per heavy atom. The first kappa shape index (κ1) is 21.3. The van der Waals surface area contributed by atoms with Crippen molar-refractivity contribution in [3.05, 3.63) is 53.9 Å². The maximum Gasteiger partial charge on any atom is 0.335 e. The zero-order valence-electron chi connectivity index (χ0n) is 15.6. The van der Waals surface area contributed by atoms with Crippen LogP contribution in [0.15, 0.2) is 42.6 Å². The molecular weight excluding hydrogens is 364 g/mol. The van der Waals surface area contributed by atoms with E-state index >= 15 is 0 Å². The standard InChI is InChI=1S/C15H14N2O4.C5H10O2/c1-20-13-4-2-3-5-14(13)21-9-11(16)12-8-10(15(18)19)6-7-17-12;6-5-3-1-2-4-7-5/h2-8,16H,9H2,1H3,(H,18,19);5-6H,1-4H2. The fraction of sp³-hybridized carbons (Fsp3) is 0.350. The van der Waals surface area contributed by atoms with Gasteiger partial charge in [0, 0.05) is 12.8 Å². The lowest BCUT2D eigenvalue weighted by molar-refractivity contribution is -0.123. The number of methoxy groups -OCH3 is 1. The highest BCUT2D eigenvalue weighted by molar-refractivity contribution is 5.99. The number of benzene rings is 1. The van der Waals surface area contributed by atoms with Crippen LogP contribution in [0.25, 0.3) is 0 Å². The van der Waals surface area contributed by atoms with E-state index in [1.807, 2.05) is 6.07 Å². The average molecular weight is 388 g/mol. The molecule has 1 fully saturated rings. The third-order valence-corrected chi connectivity index (χ3v) is 3.91. The number of aliphatic hydroxyl groups excluding tert-OH is 1. The molecule has 1 saturated heterocycles. The lowest BCUT2D eigenvalue weighted by Crippen LogP contribution is -2.17. The molecule has 0 bridgehead atoms. The van der Waals surface area contributed by atoms with Crippen LogP contribution < -0.4 is 9.47 Å². The molecule has 1 aliphatic heterocycles. The number of ether oxygens (including phenoxy) is 3. The van der Waals surface area contributed by atoms with Crippen LogP contribution in [-0.2, 0) is 4.74 Å². The van der Waals surface area contributed by atoms with E-state index in [1.165, 1.54) is 25.4 Å². The van der Waals surface area contributed by atoms with Crippen molar-refractivity contribution in [2.45, 2.75) is 25.6 Å². The molecule has 8 nitrogen and oxygen atoms in total. The maximum absolute atomic E-state index is 10.9. The largest absolute Gasteiger partial charge is 0.493 e. The average Bonchev–Trinajstić information content (AvgIpc) is 2.73. The molecule has 0 spiro atoms. The summed E-state index contributed by atoms with van der Waals surface area (Å²) in [6.07, 6.45) is 3.93. The van der Waals surface area contributed by atoms with Gasteiger partial charge in [-0.05, 0) is 43.5 Å². The second-order valence-electron chi connectivity index (χ2n) is 5.97. The minimum Gasteiger partial charge on any atom is -0.493 e. The summed E-state index contributed by atoms with van der Waals surface area (Å²) in [5.74, 6) is 0.0220. The van der Waals surface area contributed by atoms with E-state index < -0.39 is 12.3 Å². The summed E-state index contributed by atoms with van der Waals surface area (Å²) < 4.78 is 15.5. The van der Waals surface area contributed by atoms with Crippen LogP contribution in [0.2, 0.25) is 0 Å². The van der Waals surface area contributed by atoms with Gasteiger partial charge in [0.2, 0.25) is 0 Å². The number of rotatable bonds is 6. The molecule has 3 N–H and O–H groups in total. The molecule has 3 rings (SSSR count). The van der Waals surface area contributed by atoms with Gasteiger partial charge >= 0.3 is 5.97 Å². The molecule has 1 unspecified atom stereocenters. The smallest absolute Gasteiger partial charge is 0.335 e. The summed E-state index contributed by atoms with van der Waals surface area (Å²) in [5.41, 5.74) is 0.441. The zero-order valence-corrected chi connectivity index (χ0v) is 15.6. The van der Waals surface area contributed by atoms with Gasteiger partial charge in [-0.1, -0.05) is 12.1 Å². The summed E-state index contributed by atoms with van der Waals surface area (Å²) >= 11 is 0. The van der Waals surface area contributed by atoms with Crippen molar-refractivity contribution in [2.75, 3.05) is 20.3 Å². The van der Waals surface area contributed by atoms with Crippen molar-refractivity contribution in [1.29, 1.82) is 5.41 Å². The minimum atomic E-state index is -1.06. The van der Waals surface area contributed by atoms with E-state index in [2.05, 4.69) is 4.98 Å². The fourth-order valence-corrected chi connectivity index (χ4v) is 2.41. The number of carboxylic acids is 1. The van der Waals surface area contributed by atoms with Crippen LogP contribution in [0.5, 0.6) is 11.5 Å². The highest BCUT2D eigenvalue weighted by Crippen LogP contribution is 2.25. The van der Waals surface area contributed by atoms with E-state index in [4.69, 9.17) is 29.8 Å². The first-order chi connectivity index (χ1) is 13.5. The van der Waals surface area contributed by atoms with Crippen molar-refractivity contribution in [2.24, 2.45) is 0 Å². The van der Waals surface area contributed by atoms with Crippen molar-refractivity contribution >= 4 is 11.7 Å². The Bertz CT molecular complexity index is 790. The molecular formula is C20H24N2O6. The monoisotopic (exact) mass is 388 g/mol. The molecule has 1 aromatic carbocycles. The van der Waals surface area contributed by atoms with Gasteiger partial charge in [-0.25, -0.2) is 4.79 Å². The quantitative estimate of drug-likeness (QED) is 0.650. The van der Waals surface area contributed by atoms with E-state index in [0.29, 0.717) is 11.5 Å². The number of aliphatic hydroxyl groups is 1. The van der Waals surface area contributed by atoms with Crippen LogP contribution in [0, 0.1) is 5.41 Å². The molecule has 28 heavy (non-hydrogen) atoms. The van der Waals surface area contributed by atoms with Crippen LogP contribution >= 0.6 is 0 Å². The third-order valence-electron chi connectivity index (χ3n) is 3.91. The molecule has 2 heterocycles. The predicted molar refractivity (Wildman–Crippen MR) is 102 cm³/mol. The minimum absolute atomic E-state index is 0.0313. The molecule has 0 aliphatic carbocycles. The molecule has 0 amide bonds. The van der Waals surface area contributed by atoms with E-state index in [0.717, 1.165) is 25.9 Å². The summed E-state index contributed by atoms with van der Waals surface area (Å²) in [5, 5.41) is 25.5. The van der Waals surface area contributed by atoms with Crippen LogP contribution in [0.1, 0.15) is 35.3 Å². The van der Waals surface area contributed by atoms with Crippen molar-refractivity contribution in [3.8, 4) is 11.5 Å². The first-order valence-electron chi connectivity index (χ1n) is 8.84. The molecule has 0 saturated carbocycles. The zero-order chi connectivity index (χ0) is 20.4. The number of pyridine rings is 1. The summed E-state index contributed by atoms with van der Waals surface area (Å²) in [6.45, 7) is 0.706. The summed E-state index contributed by atoms with van der Waals surface area (Å²) in [7, 11) is 1.53. The second kappa shape index (κ2) is 11.0. The number of para-hydroxylation sites is 2. The molecule has 1 aromatic heterocycles. The number of aromatic carboxylic acids is 1. The SMILES string of the molecule is COc1ccccc1OCC(=N)c1cc(C(=O)O)ccn1.OC1CCCCO1. The number of hydrogen-bond acceptors (Lipinski definition) is 7. The topological polar surface area (TPSA) is 122 Å². The van der Waals surface area contributed by atoms with E-state index in [1.54, 1.807) is 18.2 Å². The lowest BCUT2D eigenvalue weighted by atomic mass is 10.2. The van der Waals surface area contributed by atoms with Crippen molar-refractivity contribution in [1.82, 2.24) is 4.98 Å². The maximum atomic E-state index is 10.9. The van der Waals surface area contributed by atoms with Gasteiger partial charge in [-0.2, -0.15) is 0 Å². The van der Waals surface area contributed by atoms with Gasteiger partial charge in [0.15, 0.2) is 17.8 Å². The van der Waals surface area contributed by atoms with Gasteiger partial charge in [0.05, 0.1) is 24.1 Å². The first-order valence-corrected chi connectivity index (χ1v) is 8.84. The highest BCUT2D eigenvalue weighted by atomic mass is 16.6. The number of carboxylic acid groups (broad SMARTS) is 1. The van der Waals surface area contributed by atoms with E-state index in [9.17, 15) is 4.79 Å². The van der Waals surface area contributed by atoms with Crippen LogP contribution in [-0.4, -0.2) is 53.5 Å². The van der Waals surface area contributed by atoms with E-state index in [-0.39, 0.29) is 23.6 Å². The van der Waals surface area contributed by atoms with Gasteiger partial charge in [-0.15, -0.1) is 0 Å². The Morgan fingerprint density at radius 3 is 2.61 bits per heavy atom. The van der Waals surface area contributed by atoms with Crippen molar-refractivity contribution in [3.63, 3.8) is 0 Å². The van der Waals surface area contributed by atoms with Crippen molar-refractivity contribution < 1.29 is 29.2 Å². The van der Waals surface area contributed by atoms with Gasteiger partial charge < -0.3 is 24.4 Å². The lowest BCUT2D eigenvalue weighted by Gasteiger charge is -2.16. The van der Waals surface area contributed by atoms with Crippen LogP contribution in [0.3, 0.4) is 0 Å². The van der Waals surface area contributed by atoms with Gasteiger partial charge in [-0.3, -0.25) is 10.4 Å². The number of nitrogens with zero attached hydrogens (tertiary/aromatic N) is 1. The number of nitrogens with one attached hydrogen (secondary N) is 1. The molecule has 0 radical (unpaired) electrons. The number of hydrogen-bond donors (Lipinski definition) is 3. The van der Waals surface area contributed by atoms with Crippen LogP contribution in [0.4, 0.5) is 0 Å². The molecule has 1 atom stereocenters. The second-order valence-corrected chi connectivity index (χ2v) is 5.97. The van der Waals surface area contributed by atoms with Gasteiger partial charge in [0.1, 0.15) is 6.61 Å². The highest BCUT2D eigenvalue weighted by Gasteiger charge is 2.10. The Kier molecular flexibility index (Phi) is 8.38. The molecule has 2 aromatic rings. The Labute approximate surface area is 163 Å². The third kappa shape index (κ3) is 6.64. The Hall–Kier alpha value is -2.97. The predicted octanol–water partition coefficient (Wildman–Crippen LogP) is 2.74. The Morgan fingerprint density at radius 1 is 1.29 bits per heavy atom. The Balaban J connectivity index is 0.000000336. The van der Waals surface area contributed by atoms with Gasteiger partial charge in [0.25, 0.3) is 0 Å². The fourth-order valence-electron chi connectivity index (χ4n) is 2.41. The summed E-state index contributed by atoms with van der Waals surface area (Å²) in [6, 6.07) is 9.81. The number of carbonyl (C=O) groups is 1. The summed E-state index contributed by atoms with van der Waals surface area (Å²) in [4.78, 5) is 14.9.